The van der Waals surface area contributed by atoms with Gasteiger partial charge in [0.25, 0.3) is 0 Å². The summed E-state index contributed by atoms with van der Waals surface area (Å²) in [6.45, 7) is 6.13. The number of nitrogens with zero attached hydrogens (tertiary/aromatic N) is 1. The number of aromatic nitrogens is 1. The monoisotopic (exact) mass is 327 g/mol. The number of hydrogen-bond acceptors (Lipinski definition) is 4. The van der Waals surface area contributed by atoms with E-state index in [0.29, 0.717) is 11.8 Å². The molecule has 128 valence electrons. The lowest BCUT2D eigenvalue weighted by Gasteiger charge is -2.19. The van der Waals surface area contributed by atoms with Crippen molar-refractivity contribution in [3.05, 3.63) is 48.2 Å². The number of nitrogens with one attached hydrogen (secondary N) is 2. The number of para-hydroxylation sites is 1. The van der Waals surface area contributed by atoms with Crippen molar-refractivity contribution in [2.24, 2.45) is 0 Å². The molecule has 0 fully saturated rings. The number of benzene rings is 1. The summed E-state index contributed by atoms with van der Waals surface area (Å²) in [5.41, 5.74) is 2.80. The predicted molar refractivity (Wildman–Crippen MR) is 97.7 cm³/mol. The van der Waals surface area contributed by atoms with Crippen molar-refractivity contribution < 1.29 is 9.53 Å². The molecule has 1 aromatic carbocycles. The van der Waals surface area contributed by atoms with Crippen molar-refractivity contribution in [3.63, 3.8) is 0 Å². The molecule has 1 heterocycles. The van der Waals surface area contributed by atoms with Gasteiger partial charge in [0, 0.05) is 11.8 Å². The first kappa shape index (κ1) is 17.8. The Hall–Kier alpha value is -2.56. The summed E-state index contributed by atoms with van der Waals surface area (Å²) >= 11 is 0. The fourth-order valence-corrected chi connectivity index (χ4v) is 2.40. The molecule has 0 unspecified atom stereocenters. The smallest absolute Gasteiger partial charge is 0.246 e. The first-order valence-electron chi connectivity index (χ1n) is 8.21. The van der Waals surface area contributed by atoms with Crippen LogP contribution in [0.2, 0.25) is 0 Å². The Morgan fingerprint density at radius 1 is 1.21 bits per heavy atom. The summed E-state index contributed by atoms with van der Waals surface area (Å²) in [7, 11) is 1.57. The van der Waals surface area contributed by atoms with Crippen molar-refractivity contribution in [2.75, 3.05) is 17.7 Å². The summed E-state index contributed by atoms with van der Waals surface area (Å²) in [6.07, 6.45) is 2.67. The Labute approximate surface area is 143 Å². The van der Waals surface area contributed by atoms with Gasteiger partial charge in [-0.05, 0) is 37.0 Å². The molecule has 2 rings (SSSR count). The summed E-state index contributed by atoms with van der Waals surface area (Å²) in [6, 6.07) is 11.2. The molecule has 0 bridgehead atoms. The Bertz CT molecular complexity index is 671. The standard InChI is InChI=1S/C19H25N3O2/c1-5-13(2)16-8-6-7-9-17(16)22-19(23)14(3)21-15-10-11-18(24-4)20-12-15/h6-14,21H,5H2,1-4H3,(H,22,23)/t13-,14+/m0/s1. The number of amides is 1. The van der Waals surface area contributed by atoms with Crippen LogP contribution in [0.5, 0.6) is 5.88 Å². The number of anilines is 2. The summed E-state index contributed by atoms with van der Waals surface area (Å²) < 4.78 is 5.03. The number of pyridine rings is 1. The van der Waals surface area contributed by atoms with Gasteiger partial charge in [0.2, 0.25) is 11.8 Å². The van der Waals surface area contributed by atoms with E-state index in [2.05, 4.69) is 35.5 Å². The zero-order valence-electron chi connectivity index (χ0n) is 14.7. The van der Waals surface area contributed by atoms with E-state index in [1.165, 1.54) is 0 Å². The van der Waals surface area contributed by atoms with Crippen LogP contribution in [0.4, 0.5) is 11.4 Å². The van der Waals surface area contributed by atoms with Gasteiger partial charge in [-0.2, -0.15) is 0 Å². The largest absolute Gasteiger partial charge is 0.481 e. The van der Waals surface area contributed by atoms with E-state index < -0.39 is 0 Å². The van der Waals surface area contributed by atoms with E-state index in [1.54, 1.807) is 19.4 Å². The molecule has 2 aromatic rings. The summed E-state index contributed by atoms with van der Waals surface area (Å²) in [4.78, 5) is 16.6. The second kappa shape index (κ2) is 8.34. The van der Waals surface area contributed by atoms with Crippen LogP contribution in [0.3, 0.4) is 0 Å². The maximum atomic E-state index is 12.5. The lowest BCUT2D eigenvalue weighted by atomic mass is 9.97. The predicted octanol–water partition coefficient (Wildman–Crippen LogP) is 4.04. The fraction of sp³-hybridized carbons (Fsp3) is 0.368. The minimum absolute atomic E-state index is 0.0819. The van der Waals surface area contributed by atoms with Gasteiger partial charge in [0.15, 0.2) is 0 Å². The molecule has 2 atom stereocenters. The lowest BCUT2D eigenvalue weighted by Crippen LogP contribution is -2.32. The van der Waals surface area contributed by atoms with Crippen LogP contribution in [0.25, 0.3) is 0 Å². The molecular formula is C19H25N3O2. The second-order valence-corrected chi connectivity index (χ2v) is 5.84. The summed E-state index contributed by atoms with van der Waals surface area (Å²) in [5, 5.41) is 6.17. The topological polar surface area (TPSA) is 63.2 Å². The minimum atomic E-state index is -0.384. The highest BCUT2D eigenvalue weighted by Crippen LogP contribution is 2.26. The van der Waals surface area contributed by atoms with E-state index in [1.807, 2.05) is 31.2 Å². The Morgan fingerprint density at radius 3 is 2.58 bits per heavy atom. The third-order valence-electron chi connectivity index (χ3n) is 4.08. The Morgan fingerprint density at radius 2 is 1.96 bits per heavy atom. The normalized spacial score (nSPS) is 13.0. The van der Waals surface area contributed by atoms with Crippen molar-refractivity contribution in [2.45, 2.75) is 39.2 Å². The van der Waals surface area contributed by atoms with Gasteiger partial charge in [-0.25, -0.2) is 4.98 Å². The molecule has 5 nitrogen and oxygen atoms in total. The number of ether oxygens (including phenoxy) is 1. The maximum Gasteiger partial charge on any atom is 0.246 e. The van der Waals surface area contributed by atoms with E-state index in [9.17, 15) is 4.79 Å². The number of carbonyl (C=O) groups excluding carboxylic acids is 1. The molecule has 24 heavy (non-hydrogen) atoms. The highest BCUT2D eigenvalue weighted by atomic mass is 16.5. The third-order valence-corrected chi connectivity index (χ3v) is 4.08. The quantitative estimate of drug-likeness (QED) is 0.805. The molecule has 0 aliphatic heterocycles. The van der Waals surface area contributed by atoms with E-state index in [4.69, 9.17) is 4.74 Å². The number of rotatable bonds is 7. The van der Waals surface area contributed by atoms with Crippen molar-refractivity contribution in [1.82, 2.24) is 4.98 Å². The maximum absolute atomic E-state index is 12.5. The highest BCUT2D eigenvalue weighted by molar-refractivity contribution is 5.96. The molecule has 0 aliphatic carbocycles. The first-order chi connectivity index (χ1) is 11.5. The second-order valence-electron chi connectivity index (χ2n) is 5.84. The fourth-order valence-electron chi connectivity index (χ4n) is 2.40. The SMILES string of the molecule is CC[C@H](C)c1ccccc1NC(=O)[C@@H](C)Nc1ccc(OC)nc1. The average Bonchev–Trinajstić information content (AvgIpc) is 2.62. The molecule has 0 saturated carbocycles. The van der Waals surface area contributed by atoms with Crippen LogP contribution in [-0.2, 0) is 4.79 Å². The molecule has 5 heteroatoms. The molecule has 0 saturated heterocycles. The van der Waals surface area contributed by atoms with Crippen LogP contribution in [0.15, 0.2) is 42.6 Å². The molecule has 0 spiro atoms. The Balaban J connectivity index is 2.03. The number of methoxy groups -OCH3 is 1. The minimum Gasteiger partial charge on any atom is -0.481 e. The van der Waals surface area contributed by atoms with Crippen LogP contribution in [0.1, 0.15) is 38.7 Å². The van der Waals surface area contributed by atoms with E-state index in [-0.39, 0.29) is 11.9 Å². The number of carbonyl (C=O) groups is 1. The van der Waals surface area contributed by atoms with Gasteiger partial charge in [-0.3, -0.25) is 4.79 Å². The van der Waals surface area contributed by atoms with Crippen LogP contribution in [-0.4, -0.2) is 24.0 Å². The van der Waals surface area contributed by atoms with Gasteiger partial charge in [-0.1, -0.05) is 32.0 Å². The average molecular weight is 327 g/mol. The van der Waals surface area contributed by atoms with Crippen LogP contribution < -0.4 is 15.4 Å². The third kappa shape index (κ3) is 4.47. The van der Waals surface area contributed by atoms with Gasteiger partial charge in [-0.15, -0.1) is 0 Å². The van der Waals surface area contributed by atoms with Crippen LogP contribution in [0, 0.1) is 0 Å². The van der Waals surface area contributed by atoms with Crippen molar-refractivity contribution >= 4 is 17.3 Å². The molecular weight excluding hydrogens is 302 g/mol. The van der Waals surface area contributed by atoms with Crippen LogP contribution >= 0.6 is 0 Å². The van der Waals surface area contributed by atoms with Crippen molar-refractivity contribution in [1.29, 1.82) is 0 Å². The molecule has 0 radical (unpaired) electrons. The van der Waals surface area contributed by atoms with Crippen molar-refractivity contribution in [3.8, 4) is 5.88 Å². The van der Waals surface area contributed by atoms with E-state index in [0.717, 1.165) is 23.4 Å². The summed E-state index contributed by atoms with van der Waals surface area (Å²) in [5.74, 6) is 0.859. The molecule has 2 N–H and O–H groups in total. The zero-order valence-corrected chi connectivity index (χ0v) is 14.7. The molecule has 0 aliphatic rings. The Kier molecular flexibility index (Phi) is 6.18. The molecule has 1 aromatic heterocycles. The van der Waals surface area contributed by atoms with Gasteiger partial charge < -0.3 is 15.4 Å². The van der Waals surface area contributed by atoms with E-state index >= 15 is 0 Å². The lowest BCUT2D eigenvalue weighted by molar-refractivity contribution is -0.116. The van der Waals surface area contributed by atoms with Gasteiger partial charge in [0.05, 0.1) is 19.0 Å². The van der Waals surface area contributed by atoms with Gasteiger partial charge in [0.1, 0.15) is 6.04 Å². The highest BCUT2D eigenvalue weighted by Gasteiger charge is 2.16. The van der Waals surface area contributed by atoms with Gasteiger partial charge >= 0.3 is 0 Å². The molecule has 1 amide bonds. The first-order valence-corrected chi connectivity index (χ1v) is 8.21. The zero-order chi connectivity index (χ0) is 17.5. The number of hydrogen-bond donors (Lipinski definition) is 2.